The monoisotopic (exact) mass is 424 g/mol. The first kappa shape index (κ1) is 18.9. The van der Waals surface area contributed by atoms with E-state index >= 15 is 0 Å². The molecule has 1 unspecified atom stereocenters. The summed E-state index contributed by atoms with van der Waals surface area (Å²) in [5, 5.41) is 12.5. The highest BCUT2D eigenvalue weighted by Gasteiger charge is 2.31. The maximum atomic E-state index is 13.4. The van der Waals surface area contributed by atoms with E-state index in [-0.39, 0.29) is 17.8 Å². The van der Waals surface area contributed by atoms with Crippen molar-refractivity contribution in [3.05, 3.63) is 64.4 Å². The minimum Gasteiger partial charge on any atom is -0.328 e. The molecule has 30 heavy (non-hydrogen) atoms. The van der Waals surface area contributed by atoms with E-state index in [9.17, 15) is 9.18 Å². The largest absolute Gasteiger partial charge is 0.328 e. The van der Waals surface area contributed by atoms with Crippen molar-refractivity contribution < 1.29 is 9.18 Å². The molecule has 3 aromatic heterocycles. The highest BCUT2D eigenvalue weighted by Crippen LogP contribution is 2.34. The average Bonchev–Trinajstić information content (AvgIpc) is 3.49. The summed E-state index contributed by atoms with van der Waals surface area (Å²) in [6, 6.07) is 8.29. The van der Waals surface area contributed by atoms with Crippen LogP contribution in [0.5, 0.6) is 0 Å². The molecule has 4 heterocycles. The maximum absolute atomic E-state index is 13.4. The smallest absolute Gasteiger partial charge is 0.264 e. The number of fused-ring (bicyclic) bond motifs is 1. The van der Waals surface area contributed by atoms with E-state index < -0.39 is 0 Å². The number of benzene rings is 1. The van der Waals surface area contributed by atoms with Crippen LogP contribution in [0, 0.1) is 12.7 Å². The summed E-state index contributed by atoms with van der Waals surface area (Å²) < 4.78 is 15.1. The lowest BCUT2D eigenvalue weighted by molar-refractivity contribution is 0.0605. The Bertz CT molecular complexity index is 1180. The van der Waals surface area contributed by atoms with Gasteiger partial charge in [0.15, 0.2) is 0 Å². The summed E-state index contributed by atoms with van der Waals surface area (Å²) in [5.74, 6) is 0.500. The van der Waals surface area contributed by atoms with Crippen LogP contribution in [0.1, 0.15) is 52.1 Å². The van der Waals surface area contributed by atoms with Crippen molar-refractivity contribution in [2.45, 2.75) is 38.8 Å². The first-order valence-corrected chi connectivity index (χ1v) is 10.8. The summed E-state index contributed by atoms with van der Waals surface area (Å²) in [4.78, 5) is 21.2. The van der Waals surface area contributed by atoms with Crippen molar-refractivity contribution in [1.29, 1.82) is 0 Å². The molecule has 7 nitrogen and oxygen atoms in total. The number of hydrogen-bond donors (Lipinski definition) is 1. The number of nitrogens with one attached hydrogen (secondary N) is 1. The third kappa shape index (κ3) is 3.39. The molecule has 1 fully saturated rings. The zero-order valence-corrected chi connectivity index (χ0v) is 17.3. The van der Waals surface area contributed by atoms with Crippen molar-refractivity contribution in [2.24, 2.45) is 0 Å². The number of piperidine rings is 1. The summed E-state index contributed by atoms with van der Waals surface area (Å²) in [5.41, 5.74) is 1.84. The van der Waals surface area contributed by atoms with E-state index in [0.717, 1.165) is 46.6 Å². The number of halogens is 1. The van der Waals surface area contributed by atoms with E-state index in [1.54, 1.807) is 12.1 Å². The number of aryl methyl sites for hydroxylation is 1. The lowest BCUT2D eigenvalue weighted by atomic mass is 10.0. The highest BCUT2D eigenvalue weighted by atomic mass is 32.1. The lowest BCUT2D eigenvalue weighted by Gasteiger charge is -2.34. The van der Waals surface area contributed by atoms with Crippen LogP contribution in [-0.2, 0) is 6.54 Å². The number of carbonyl (C=O) groups excluding carboxylic acids is 1. The Balaban J connectivity index is 1.45. The predicted molar refractivity (Wildman–Crippen MR) is 112 cm³/mol. The van der Waals surface area contributed by atoms with Gasteiger partial charge in [-0.05, 0) is 49.9 Å². The number of nitrogens with zero attached hydrogens (tertiary/aromatic N) is 5. The van der Waals surface area contributed by atoms with Gasteiger partial charge in [-0.15, -0.1) is 11.3 Å². The second kappa shape index (κ2) is 7.64. The summed E-state index contributed by atoms with van der Waals surface area (Å²) in [6.45, 7) is 3.19. The van der Waals surface area contributed by atoms with E-state index in [1.807, 2.05) is 22.6 Å². The van der Waals surface area contributed by atoms with Crippen LogP contribution in [0.3, 0.4) is 0 Å². The van der Waals surface area contributed by atoms with E-state index in [2.05, 4.69) is 20.3 Å². The van der Waals surface area contributed by atoms with Gasteiger partial charge in [-0.3, -0.25) is 14.6 Å². The molecule has 1 aliphatic rings. The molecular formula is C21H21FN6OS. The maximum Gasteiger partial charge on any atom is 0.264 e. The van der Waals surface area contributed by atoms with Gasteiger partial charge in [-0.2, -0.15) is 10.2 Å². The number of likely N-dealkylation sites (tertiary alicyclic amines) is 1. The van der Waals surface area contributed by atoms with E-state index in [0.29, 0.717) is 18.0 Å². The molecule has 0 radical (unpaired) electrons. The Labute approximate surface area is 176 Å². The summed E-state index contributed by atoms with van der Waals surface area (Å²) >= 11 is 1.46. The van der Waals surface area contributed by atoms with Crippen molar-refractivity contribution in [3.63, 3.8) is 0 Å². The fourth-order valence-electron chi connectivity index (χ4n) is 4.06. The molecule has 1 atom stereocenters. The van der Waals surface area contributed by atoms with Crippen LogP contribution in [0.4, 0.5) is 4.39 Å². The number of thiophene rings is 1. The Morgan fingerprint density at radius 2 is 2.13 bits per heavy atom. The average molecular weight is 425 g/mol. The molecule has 4 aromatic rings. The van der Waals surface area contributed by atoms with E-state index in [1.165, 1.54) is 29.8 Å². The van der Waals surface area contributed by atoms with Gasteiger partial charge in [0.1, 0.15) is 22.8 Å². The molecule has 0 aliphatic carbocycles. The molecule has 9 heteroatoms. The topological polar surface area (TPSA) is 79.7 Å². The molecule has 1 aromatic carbocycles. The summed E-state index contributed by atoms with van der Waals surface area (Å²) in [6.07, 6.45) is 4.41. The van der Waals surface area contributed by atoms with Crippen molar-refractivity contribution >= 4 is 27.5 Å². The van der Waals surface area contributed by atoms with Gasteiger partial charge in [0.2, 0.25) is 0 Å². The van der Waals surface area contributed by atoms with Gasteiger partial charge in [-0.1, -0.05) is 12.1 Å². The van der Waals surface area contributed by atoms with Crippen LogP contribution in [0.2, 0.25) is 0 Å². The standard InChI is InChI=1S/C21H21FN6OS/c1-13-16-10-18(20(29)27-9-3-2-4-17(27)19-23-12-24-25-19)30-21(16)28(26-13)11-14-5-7-15(22)8-6-14/h5-8,10,12,17H,2-4,9,11H2,1H3,(H,23,24,25). The minimum atomic E-state index is -0.257. The number of aromatic amines is 1. The first-order chi connectivity index (χ1) is 14.6. The van der Waals surface area contributed by atoms with Crippen LogP contribution < -0.4 is 0 Å². The SMILES string of the molecule is Cc1nn(Cc2ccc(F)cc2)c2sc(C(=O)N3CCCCC3c3ncn[nH]3)cc12. The van der Waals surface area contributed by atoms with Gasteiger partial charge < -0.3 is 4.90 Å². The molecular weight excluding hydrogens is 403 g/mol. The second-order valence-corrected chi connectivity index (χ2v) is 8.61. The number of hydrogen-bond acceptors (Lipinski definition) is 5. The number of amides is 1. The van der Waals surface area contributed by atoms with Crippen molar-refractivity contribution in [3.8, 4) is 0 Å². The number of aromatic nitrogens is 5. The van der Waals surface area contributed by atoms with Crippen LogP contribution >= 0.6 is 11.3 Å². The molecule has 154 valence electrons. The molecule has 1 N–H and O–H groups in total. The van der Waals surface area contributed by atoms with Crippen LogP contribution in [0.15, 0.2) is 36.7 Å². The van der Waals surface area contributed by atoms with Gasteiger partial charge in [0.05, 0.1) is 23.2 Å². The van der Waals surface area contributed by atoms with Crippen LogP contribution in [-0.4, -0.2) is 42.3 Å². The summed E-state index contributed by atoms with van der Waals surface area (Å²) in [7, 11) is 0. The molecule has 0 bridgehead atoms. The van der Waals surface area contributed by atoms with Gasteiger partial charge in [0, 0.05) is 11.9 Å². The molecule has 0 saturated carbocycles. The molecule has 5 rings (SSSR count). The van der Waals surface area contributed by atoms with Crippen LogP contribution in [0.25, 0.3) is 10.2 Å². The zero-order valence-electron chi connectivity index (χ0n) is 16.5. The normalized spacial score (nSPS) is 17.0. The zero-order chi connectivity index (χ0) is 20.7. The van der Waals surface area contributed by atoms with Gasteiger partial charge >= 0.3 is 0 Å². The van der Waals surface area contributed by atoms with Gasteiger partial charge in [-0.25, -0.2) is 9.37 Å². The molecule has 1 aliphatic heterocycles. The predicted octanol–water partition coefficient (Wildman–Crippen LogP) is 4.08. The Morgan fingerprint density at radius 1 is 1.30 bits per heavy atom. The number of carbonyl (C=O) groups is 1. The first-order valence-electron chi connectivity index (χ1n) is 9.98. The minimum absolute atomic E-state index is 0.0185. The molecule has 0 spiro atoms. The fourth-order valence-corrected chi connectivity index (χ4v) is 5.18. The highest BCUT2D eigenvalue weighted by molar-refractivity contribution is 7.20. The molecule has 1 amide bonds. The third-order valence-corrected chi connectivity index (χ3v) is 6.71. The number of rotatable bonds is 4. The second-order valence-electron chi connectivity index (χ2n) is 7.58. The van der Waals surface area contributed by atoms with Gasteiger partial charge in [0.25, 0.3) is 5.91 Å². The van der Waals surface area contributed by atoms with Crippen molar-refractivity contribution in [1.82, 2.24) is 29.9 Å². The third-order valence-electron chi connectivity index (χ3n) is 5.58. The van der Waals surface area contributed by atoms with Crippen molar-refractivity contribution in [2.75, 3.05) is 6.54 Å². The van der Waals surface area contributed by atoms with E-state index in [4.69, 9.17) is 0 Å². The Kier molecular flexibility index (Phi) is 4.82. The number of H-pyrrole nitrogens is 1. The lowest BCUT2D eigenvalue weighted by Crippen LogP contribution is -2.38. The Morgan fingerprint density at radius 3 is 2.90 bits per heavy atom. The Hall–Kier alpha value is -3.07. The fraction of sp³-hybridized carbons (Fsp3) is 0.333. The molecule has 1 saturated heterocycles. The quantitative estimate of drug-likeness (QED) is 0.535.